The summed E-state index contributed by atoms with van der Waals surface area (Å²) < 4.78 is 16.0. The van der Waals surface area contributed by atoms with Crippen LogP contribution in [0.5, 0.6) is 17.2 Å². The highest BCUT2D eigenvalue weighted by Gasteiger charge is 2.23. The van der Waals surface area contributed by atoms with Crippen LogP contribution in [-0.2, 0) is 0 Å². The zero-order valence-corrected chi connectivity index (χ0v) is 12.6. The number of nitrogens with zero attached hydrogens (tertiary/aromatic N) is 2. The highest BCUT2D eigenvalue weighted by Crippen LogP contribution is 2.44. The fraction of sp³-hybridized carbons (Fsp3) is 0.214. The van der Waals surface area contributed by atoms with E-state index in [9.17, 15) is 10.1 Å². The number of aromatic amines is 1. The Bertz CT molecular complexity index is 841. The van der Waals surface area contributed by atoms with Gasteiger partial charge in [0.2, 0.25) is 12.5 Å². The molecule has 3 rings (SSSR count). The normalized spacial score (nSPS) is 12.0. The van der Waals surface area contributed by atoms with E-state index < -0.39 is 5.56 Å². The standard InChI is InChI=1S/C14H11N3O4S/c1-19-9-3-7(4-10-12(9)21-6-20-10)11-8(5-15)13(18)17-14(16-11)22-2/h3-4H,6H2,1-2H3,(H,16,17,18). The van der Waals surface area contributed by atoms with Gasteiger partial charge in [-0.3, -0.25) is 4.79 Å². The molecule has 0 fully saturated rings. The number of H-pyrrole nitrogens is 1. The molecule has 112 valence electrons. The van der Waals surface area contributed by atoms with E-state index in [0.717, 1.165) is 0 Å². The van der Waals surface area contributed by atoms with Crippen molar-refractivity contribution in [2.75, 3.05) is 20.2 Å². The number of ether oxygens (including phenoxy) is 3. The van der Waals surface area contributed by atoms with Crippen LogP contribution in [0.15, 0.2) is 22.1 Å². The van der Waals surface area contributed by atoms with Crippen molar-refractivity contribution >= 4 is 11.8 Å². The second-order valence-corrected chi connectivity index (χ2v) is 5.12. The lowest BCUT2D eigenvalue weighted by atomic mass is 10.1. The third-order valence-corrected chi connectivity index (χ3v) is 3.71. The maximum atomic E-state index is 12.0. The van der Waals surface area contributed by atoms with Crippen molar-refractivity contribution in [1.82, 2.24) is 9.97 Å². The Morgan fingerprint density at radius 2 is 2.27 bits per heavy atom. The third kappa shape index (κ3) is 2.25. The van der Waals surface area contributed by atoms with Gasteiger partial charge < -0.3 is 19.2 Å². The summed E-state index contributed by atoms with van der Waals surface area (Å²) in [5.74, 6) is 1.45. The Kier molecular flexibility index (Phi) is 3.65. The molecule has 1 aliphatic rings. The zero-order valence-electron chi connectivity index (χ0n) is 11.8. The van der Waals surface area contributed by atoms with Crippen LogP contribution in [0.2, 0.25) is 0 Å². The van der Waals surface area contributed by atoms with E-state index in [1.165, 1.54) is 18.9 Å². The number of nitriles is 1. The summed E-state index contributed by atoms with van der Waals surface area (Å²) in [6, 6.07) is 5.24. The number of hydrogen-bond acceptors (Lipinski definition) is 7. The molecule has 0 bridgehead atoms. The van der Waals surface area contributed by atoms with Crippen LogP contribution in [0.3, 0.4) is 0 Å². The lowest BCUT2D eigenvalue weighted by Gasteiger charge is -2.09. The van der Waals surface area contributed by atoms with Crippen LogP contribution in [0, 0.1) is 11.3 Å². The number of hydrogen-bond donors (Lipinski definition) is 1. The van der Waals surface area contributed by atoms with Gasteiger partial charge in [-0.05, 0) is 18.4 Å². The average Bonchev–Trinajstić information content (AvgIpc) is 3.01. The molecule has 2 aromatic rings. The van der Waals surface area contributed by atoms with Gasteiger partial charge in [0, 0.05) is 5.56 Å². The van der Waals surface area contributed by atoms with E-state index in [4.69, 9.17) is 14.2 Å². The smallest absolute Gasteiger partial charge is 0.270 e. The van der Waals surface area contributed by atoms with E-state index in [0.29, 0.717) is 28.0 Å². The van der Waals surface area contributed by atoms with E-state index >= 15 is 0 Å². The van der Waals surface area contributed by atoms with E-state index in [1.54, 1.807) is 18.4 Å². The van der Waals surface area contributed by atoms with E-state index in [1.807, 2.05) is 6.07 Å². The molecule has 1 aromatic carbocycles. The van der Waals surface area contributed by atoms with Gasteiger partial charge in [0.15, 0.2) is 16.7 Å². The summed E-state index contributed by atoms with van der Waals surface area (Å²) in [6.45, 7) is 0.0963. The maximum absolute atomic E-state index is 12.0. The molecule has 0 radical (unpaired) electrons. The van der Waals surface area contributed by atoms with Gasteiger partial charge in [0.25, 0.3) is 5.56 Å². The number of nitrogens with one attached hydrogen (secondary N) is 1. The van der Waals surface area contributed by atoms with Gasteiger partial charge in [-0.25, -0.2) is 4.98 Å². The van der Waals surface area contributed by atoms with Gasteiger partial charge in [0.05, 0.1) is 12.8 Å². The van der Waals surface area contributed by atoms with Crippen LogP contribution in [0.4, 0.5) is 0 Å². The van der Waals surface area contributed by atoms with Crippen molar-refractivity contribution in [3.05, 3.63) is 28.0 Å². The number of rotatable bonds is 3. The lowest BCUT2D eigenvalue weighted by molar-refractivity contribution is 0.171. The Labute approximate surface area is 129 Å². The second kappa shape index (κ2) is 5.61. The van der Waals surface area contributed by atoms with Crippen LogP contribution in [0.25, 0.3) is 11.3 Å². The summed E-state index contributed by atoms with van der Waals surface area (Å²) in [7, 11) is 1.50. The molecule has 0 unspecified atom stereocenters. The van der Waals surface area contributed by atoms with Gasteiger partial charge in [-0.2, -0.15) is 5.26 Å². The summed E-state index contributed by atoms with van der Waals surface area (Å²) in [5.41, 5.74) is 0.304. The summed E-state index contributed by atoms with van der Waals surface area (Å²) in [5, 5.41) is 9.67. The first-order valence-electron chi connectivity index (χ1n) is 6.24. The van der Waals surface area contributed by atoms with Crippen molar-refractivity contribution in [3.8, 4) is 34.6 Å². The molecule has 0 saturated heterocycles. The Hall–Kier alpha value is -2.66. The molecule has 0 saturated carbocycles. The first-order chi connectivity index (χ1) is 10.7. The highest BCUT2D eigenvalue weighted by molar-refractivity contribution is 7.98. The number of methoxy groups -OCH3 is 1. The number of aromatic nitrogens is 2. The molecule has 2 heterocycles. The Morgan fingerprint density at radius 1 is 1.45 bits per heavy atom. The predicted molar refractivity (Wildman–Crippen MR) is 79.5 cm³/mol. The summed E-state index contributed by atoms with van der Waals surface area (Å²) >= 11 is 1.28. The Morgan fingerprint density at radius 3 is 2.95 bits per heavy atom. The topological polar surface area (TPSA) is 97.2 Å². The molecule has 22 heavy (non-hydrogen) atoms. The van der Waals surface area contributed by atoms with Gasteiger partial charge in [0.1, 0.15) is 11.6 Å². The van der Waals surface area contributed by atoms with Crippen molar-refractivity contribution in [1.29, 1.82) is 5.26 Å². The van der Waals surface area contributed by atoms with Crippen LogP contribution < -0.4 is 19.8 Å². The molecule has 1 aliphatic heterocycles. The van der Waals surface area contributed by atoms with Crippen molar-refractivity contribution in [2.45, 2.75) is 5.16 Å². The zero-order chi connectivity index (χ0) is 15.7. The molecular weight excluding hydrogens is 306 g/mol. The molecule has 0 aliphatic carbocycles. The minimum atomic E-state index is -0.478. The molecule has 0 spiro atoms. The first-order valence-corrected chi connectivity index (χ1v) is 7.46. The maximum Gasteiger partial charge on any atom is 0.270 e. The SMILES string of the molecule is COc1cc(-c2nc(SC)[nH]c(=O)c2C#N)cc2c1OCO2. The highest BCUT2D eigenvalue weighted by atomic mass is 32.2. The lowest BCUT2D eigenvalue weighted by Crippen LogP contribution is -2.14. The van der Waals surface area contributed by atoms with Crippen LogP contribution in [-0.4, -0.2) is 30.1 Å². The monoisotopic (exact) mass is 317 g/mol. The van der Waals surface area contributed by atoms with Crippen LogP contribution >= 0.6 is 11.8 Å². The summed E-state index contributed by atoms with van der Waals surface area (Å²) in [4.78, 5) is 18.9. The fourth-order valence-corrected chi connectivity index (χ4v) is 2.51. The quantitative estimate of drug-likeness (QED) is 0.680. The average molecular weight is 317 g/mol. The fourth-order valence-electron chi connectivity index (χ4n) is 2.13. The first kappa shape index (κ1) is 14.3. The van der Waals surface area contributed by atoms with Gasteiger partial charge in [-0.1, -0.05) is 11.8 Å². The van der Waals surface area contributed by atoms with Crippen molar-refractivity contribution in [2.24, 2.45) is 0 Å². The third-order valence-electron chi connectivity index (χ3n) is 3.13. The molecular formula is C14H11N3O4S. The van der Waals surface area contributed by atoms with Gasteiger partial charge in [-0.15, -0.1) is 0 Å². The Balaban J connectivity index is 2.26. The second-order valence-electron chi connectivity index (χ2n) is 4.32. The minimum Gasteiger partial charge on any atom is -0.493 e. The van der Waals surface area contributed by atoms with Crippen LogP contribution in [0.1, 0.15) is 5.56 Å². The summed E-state index contributed by atoms with van der Waals surface area (Å²) in [6.07, 6.45) is 1.79. The van der Waals surface area contributed by atoms with Crippen molar-refractivity contribution < 1.29 is 14.2 Å². The van der Waals surface area contributed by atoms with Gasteiger partial charge >= 0.3 is 0 Å². The number of benzene rings is 1. The minimum absolute atomic E-state index is 0.0567. The van der Waals surface area contributed by atoms with E-state index in [-0.39, 0.29) is 18.1 Å². The van der Waals surface area contributed by atoms with E-state index in [2.05, 4.69) is 9.97 Å². The largest absolute Gasteiger partial charge is 0.493 e. The number of fused-ring (bicyclic) bond motifs is 1. The van der Waals surface area contributed by atoms with Crippen molar-refractivity contribution in [3.63, 3.8) is 0 Å². The molecule has 7 nitrogen and oxygen atoms in total. The molecule has 0 atom stereocenters. The predicted octanol–water partition coefficient (Wildman–Crippen LogP) is 1.77. The molecule has 0 amide bonds. The molecule has 8 heteroatoms. The molecule has 1 aromatic heterocycles. The molecule has 1 N–H and O–H groups in total. The number of thioether (sulfide) groups is 1.